The van der Waals surface area contributed by atoms with Crippen molar-refractivity contribution >= 4 is 17.3 Å². The van der Waals surface area contributed by atoms with E-state index in [1.54, 1.807) is 6.92 Å². The van der Waals surface area contributed by atoms with E-state index in [1.165, 1.54) is 0 Å². The fraction of sp³-hybridized carbons (Fsp3) is 0.357. The SMILES string of the molecule is C#CCNC(=O)C(C)Nc1ccc(N(C)C)cc1. The van der Waals surface area contributed by atoms with Crippen LogP contribution in [0.4, 0.5) is 11.4 Å². The van der Waals surface area contributed by atoms with Gasteiger partial charge in [-0.1, -0.05) is 5.92 Å². The first-order chi connectivity index (χ1) is 8.54. The van der Waals surface area contributed by atoms with Gasteiger partial charge in [0.05, 0.1) is 6.54 Å². The monoisotopic (exact) mass is 245 g/mol. The number of hydrogen-bond donors (Lipinski definition) is 2. The summed E-state index contributed by atoms with van der Waals surface area (Å²) in [6.07, 6.45) is 5.08. The lowest BCUT2D eigenvalue weighted by atomic mass is 10.2. The van der Waals surface area contributed by atoms with Crippen LogP contribution in [0.15, 0.2) is 24.3 Å². The van der Waals surface area contributed by atoms with E-state index in [4.69, 9.17) is 6.42 Å². The van der Waals surface area contributed by atoms with Crippen molar-refractivity contribution in [3.05, 3.63) is 24.3 Å². The van der Waals surface area contributed by atoms with Gasteiger partial charge in [0, 0.05) is 25.5 Å². The van der Waals surface area contributed by atoms with Crippen molar-refractivity contribution in [2.45, 2.75) is 13.0 Å². The summed E-state index contributed by atoms with van der Waals surface area (Å²) in [5.74, 6) is 2.27. The molecule has 4 nitrogen and oxygen atoms in total. The average Bonchev–Trinajstić information content (AvgIpc) is 2.36. The summed E-state index contributed by atoms with van der Waals surface area (Å²) < 4.78 is 0. The molecule has 0 aliphatic carbocycles. The third-order valence-electron chi connectivity index (χ3n) is 2.52. The standard InChI is InChI=1S/C14H19N3O/c1-5-10-15-14(18)11(2)16-12-6-8-13(9-7-12)17(3)4/h1,6-9,11,16H,10H2,2-4H3,(H,15,18). The lowest BCUT2D eigenvalue weighted by Gasteiger charge is -2.16. The zero-order chi connectivity index (χ0) is 13.5. The van der Waals surface area contributed by atoms with Gasteiger partial charge in [-0.05, 0) is 31.2 Å². The Morgan fingerprint density at radius 2 is 2.00 bits per heavy atom. The molecule has 1 unspecified atom stereocenters. The van der Waals surface area contributed by atoms with Crippen molar-refractivity contribution in [3.63, 3.8) is 0 Å². The normalized spacial score (nSPS) is 11.2. The first-order valence-electron chi connectivity index (χ1n) is 5.79. The summed E-state index contributed by atoms with van der Waals surface area (Å²) in [5.41, 5.74) is 2.02. The topological polar surface area (TPSA) is 44.4 Å². The van der Waals surface area contributed by atoms with E-state index in [9.17, 15) is 4.79 Å². The van der Waals surface area contributed by atoms with Gasteiger partial charge in [-0.25, -0.2) is 0 Å². The summed E-state index contributed by atoms with van der Waals surface area (Å²) in [4.78, 5) is 13.6. The Morgan fingerprint density at radius 3 is 2.50 bits per heavy atom. The molecule has 0 aromatic heterocycles. The molecule has 0 heterocycles. The largest absolute Gasteiger partial charge is 0.378 e. The Balaban J connectivity index is 2.57. The molecule has 1 aromatic rings. The highest BCUT2D eigenvalue weighted by atomic mass is 16.2. The van der Waals surface area contributed by atoms with Gasteiger partial charge >= 0.3 is 0 Å². The smallest absolute Gasteiger partial charge is 0.242 e. The van der Waals surface area contributed by atoms with E-state index < -0.39 is 0 Å². The van der Waals surface area contributed by atoms with Crippen molar-refractivity contribution in [1.82, 2.24) is 5.32 Å². The van der Waals surface area contributed by atoms with E-state index in [2.05, 4.69) is 16.6 Å². The fourth-order valence-corrected chi connectivity index (χ4v) is 1.46. The number of nitrogens with one attached hydrogen (secondary N) is 2. The second-order valence-corrected chi connectivity index (χ2v) is 4.23. The van der Waals surface area contributed by atoms with Gasteiger partial charge in [0.25, 0.3) is 0 Å². The third-order valence-corrected chi connectivity index (χ3v) is 2.52. The van der Waals surface area contributed by atoms with Gasteiger partial charge in [-0.2, -0.15) is 0 Å². The van der Waals surface area contributed by atoms with E-state index in [0.29, 0.717) is 0 Å². The molecule has 0 aliphatic heterocycles. The van der Waals surface area contributed by atoms with Gasteiger partial charge in [0.1, 0.15) is 6.04 Å². The van der Waals surface area contributed by atoms with Crippen molar-refractivity contribution in [2.24, 2.45) is 0 Å². The number of carbonyl (C=O) groups excluding carboxylic acids is 1. The molecule has 0 fully saturated rings. The van der Waals surface area contributed by atoms with Crippen LogP contribution in [-0.4, -0.2) is 32.6 Å². The summed E-state index contributed by atoms with van der Waals surface area (Å²) in [6.45, 7) is 2.05. The van der Waals surface area contributed by atoms with Crippen LogP contribution in [0, 0.1) is 12.3 Å². The molecule has 0 saturated heterocycles. The van der Waals surface area contributed by atoms with Gasteiger partial charge in [0.2, 0.25) is 5.91 Å². The Morgan fingerprint density at radius 1 is 1.39 bits per heavy atom. The van der Waals surface area contributed by atoms with Crippen LogP contribution in [-0.2, 0) is 4.79 Å². The maximum absolute atomic E-state index is 11.6. The highest BCUT2D eigenvalue weighted by molar-refractivity contribution is 5.84. The Bertz CT molecular complexity index is 431. The predicted molar refractivity (Wildman–Crippen MR) is 75.7 cm³/mol. The minimum atomic E-state index is -0.316. The first kappa shape index (κ1) is 13.9. The number of amides is 1. The van der Waals surface area contributed by atoms with E-state index in [1.807, 2.05) is 43.3 Å². The highest BCUT2D eigenvalue weighted by Gasteiger charge is 2.11. The molecule has 0 aliphatic rings. The number of terminal acetylenes is 1. The van der Waals surface area contributed by atoms with E-state index in [0.717, 1.165) is 11.4 Å². The van der Waals surface area contributed by atoms with Crippen LogP contribution in [0.2, 0.25) is 0 Å². The number of benzene rings is 1. The van der Waals surface area contributed by atoms with E-state index in [-0.39, 0.29) is 18.5 Å². The van der Waals surface area contributed by atoms with Crippen LogP contribution < -0.4 is 15.5 Å². The zero-order valence-corrected chi connectivity index (χ0v) is 11.0. The maximum atomic E-state index is 11.6. The van der Waals surface area contributed by atoms with Crippen LogP contribution >= 0.6 is 0 Å². The zero-order valence-electron chi connectivity index (χ0n) is 11.0. The van der Waals surface area contributed by atoms with Crippen molar-refractivity contribution in [2.75, 3.05) is 30.9 Å². The van der Waals surface area contributed by atoms with Crippen LogP contribution in [0.1, 0.15) is 6.92 Å². The minimum absolute atomic E-state index is 0.107. The average molecular weight is 245 g/mol. The minimum Gasteiger partial charge on any atom is -0.378 e. The lowest BCUT2D eigenvalue weighted by molar-refractivity contribution is -0.121. The number of carbonyl (C=O) groups is 1. The molecule has 1 rings (SSSR count). The Kier molecular flexibility index (Phi) is 5.06. The maximum Gasteiger partial charge on any atom is 0.242 e. The highest BCUT2D eigenvalue weighted by Crippen LogP contribution is 2.16. The molecular weight excluding hydrogens is 226 g/mol. The van der Waals surface area contributed by atoms with Crippen LogP contribution in [0.25, 0.3) is 0 Å². The summed E-state index contributed by atoms with van der Waals surface area (Å²) in [7, 11) is 3.97. The number of anilines is 2. The van der Waals surface area contributed by atoms with Crippen molar-refractivity contribution in [3.8, 4) is 12.3 Å². The fourth-order valence-electron chi connectivity index (χ4n) is 1.46. The molecule has 0 bridgehead atoms. The second kappa shape index (κ2) is 6.55. The second-order valence-electron chi connectivity index (χ2n) is 4.23. The Labute approximate surface area is 108 Å². The van der Waals surface area contributed by atoms with Crippen LogP contribution in [0.3, 0.4) is 0 Å². The molecule has 0 spiro atoms. The number of hydrogen-bond acceptors (Lipinski definition) is 3. The quantitative estimate of drug-likeness (QED) is 0.769. The van der Waals surface area contributed by atoms with Crippen molar-refractivity contribution in [1.29, 1.82) is 0 Å². The molecule has 0 radical (unpaired) electrons. The predicted octanol–water partition coefficient (Wildman–Crippen LogP) is 1.30. The molecule has 2 N–H and O–H groups in total. The summed E-state index contributed by atoms with van der Waals surface area (Å²) in [6, 6.07) is 7.56. The summed E-state index contributed by atoms with van der Waals surface area (Å²) >= 11 is 0. The first-order valence-corrected chi connectivity index (χ1v) is 5.79. The van der Waals surface area contributed by atoms with Gasteiger partial charge < -0.3 is 15.5 Å². The van der Waals surface area contributed by atoms with Crippen LogP contribution in [0.5, 0.6) is 0 Å². The molecule has 0 saturated carbocycles. The van der Waals surface area contributed by atoms with Gasteiger partial charge in [-0.15, -0.1) is 6.42 Å². The molecule has 1 atom stereocenters. The molecule has 18 heavy (non-hydrogen) atoms. The molecular formula is C14H19N3O. The molecule has 1 amide bonds. The molecule has 4 heteroatoms. The van der Waals surface area contributed by atoms with Gasteiger partial charge in [0.15, 0.2) is 0 Å². The Hall–Kier alpha value is -2.15. The molecule has 1 aromatic carbocycles. The number of rotatable bonds is 5. The third kappa shape index (κ3) is 4.02. The van der Waals surface area contributed by atoms with Crippen molar-refractivity contribution < 1.29 is 4.79 Å². The lowest BCUT2D eigenvalue weighted by Crippen LogP contribution is -2.37. The van der Waals surface area contributed by atoms with Gasteiger partial charge in [-0.3, -0.25) is 4.79 Å². The number of nitrogens with zero attached hydrogens (tertiary/aromatic N) is 1. The van der Waals surface area contributed by atoms with E-state index >= 15 is 0 Å². The molecule has 96 valence electrons. The summed E-state index contributed by atoms with van der Waals surface area (Å²) in [5, 5.41) is 5.75.